The number of hydrogen-bond acceptors (Lipinski definition) is 1. The van der Waals surface area contributed by atoms with E-state index in [1.165, 1.54) is 0 Å². The third-order valence-corrected chi connectivity index (χ3v) is 3.45. The Hall–Kier alpha value is -0.560. The number of fused-ring (bicyclic) bond motifs is 1. The summed E-state index contributed by atoms with van der Waals surface area (Å²) in [4.78, 5) is 0. The molecule has 58 valence electrons. The SMILES string of the molecule is OC1CC2C=CC=CC3C1C23. The quantitative estimate of drug-likeness (QED) is 0.550. The summed E-state index contributed by atoms with van der Waals surface area (Å²) in [5, 5.41) is 9.60. The molecule has 3 aliphatic rings. The zero-order chi connectivity index (χ0) is 7.42. The maximum absolute atomic E-state index is 9.60. The monoisotopic (exact) mass is 148 g/mol. The molecule has 0 bridgehead atoms. The van der Waals surface area contributed by atoms with Crippen LogP contribution in [0.1, 0.15) is 6.42 Å². The molecule has 2 saturated carbocycles. The maximum Gasteiger partial charge on any atom is 0.0582 e. The Morgan fingerprint density at radius 3 is 2.82 bits per heavy atom. The highest BCUT2D eigenvalue weighted by Gasteiger charge is 2.60. The summed E-state index contributed by atoms with van der Waals surface area (Å²) >= 11 is 0. The molecule has 0 aromatic rings. The lowest BCUT2D eigenvalue weighted by molar-refractivity contribution is 0.149. The second-order valence-corrected chi connectivity index (χ2v) is 3.97. The highest BCUT2D eigenvalue weighted by atomic mass is 16.3. The second kappa shape index (κ2) is 1.78. The first-order valence-corrected chi connectivity index (χ1v) is 4.41. The fraction of sp³-hybridized carbons (Fsp3) is 0.600. The maximum atomic E-state index is 9.60. The molecule has 0 aliphatic heterocycles. The summed E-state index contributed by atoms with van der Waals surface area (Å²) in [7, 11) is 0. The Bertz CT molecular complexity index is 241. The van der Waals surface area contributed by atoms with Crippen LogP contribution in [0.3, 0.4) is 0 Å². The molecule has 5 atom stereocenters. The van der Waals surface area contributed by atoms with Crippen LogP contribution in [0.4, 0.5) is 0 Å². The van der Waals surface area contributed by atoms with Crippen LogP contribution in [0.2, 0.25) is 0 Å². The number of allylic oxidation sites excluding steroid dienone is 4. The minimum Gasteiger partial charge on any atom is -0.393 e. The first-order chi connectivity index (χ1) is 5.38. The standard InChI is InChI=1S/C10H12O/c11-8-5-6-3-1-2-4-7-9(6)10(7)8/h1-4,6-11H,5H2. The van der Waals surface area contributed by atoms with E-state index in [1.807, 2.05) is 0 Å². The normalized spacial score (nSPS) is 57.4. The molecule has 0 aromatic heterocycles. The molecule has 3 aliphatic carbocycles. The Morgan fingerprint density at radius 2 is 1.91 bits per heavy atom. The van der Waals surface area contributed by atoms with Crippen LogP contribution in [0.25, 0.3) is 0 Å². The molecule has 0 amide bonds. The molecule has 0 radical (unpaired) electrons. The smallest absolute Gasteiger partial charge is 0.0582 e. The van der Waals surface area contributed by atoms with Crippen molar-refractivity contribution in [2.75, 3.05) is 0 Å². The predicted molar refractivity (Wildman–Crippen MR) is 42.9 cm³/mol. The van der Waals surface area contributed by atoms with E-state index in [1.54, 1.807) is 0 Å². The molecule has 11 heavy (non-hydrogen) atoms. The van der Waals surface area contributed by atoms with Gasteiger partial charge in [-0.3, -0.25) is 0 Å². The summed E-state index contributed by atoms with van der Waals surface area (Å²) in [6.07, 6.45) is 9.78. The van der Waals surface area contributed by atoms with E-state index < -0.39 is 0 Å². The van der Waals surface area contributed by atoms with Gasteiger partial charge >= 0.3 is 0 Å². The average Bonchev–Trinajstić information content (AvgIpc) is 2.61. The first-order valence-electron chi connectivity index (χ1n) is 4.41. The van der Waals surface area contributed by atoms with Crippen molar-refractivity contribution in [3.63, 3.8) is 0 Å². The molecule has 1 N–H and O–H groups in total. The Morgan fingerprint density at radius 1 is 1.09 bits per heavy atom. The molecule has 0 spiro atoms. The first kappa shape index (κ1) is 6.01. The van der Waals surface area contributed by atoms with Gasteiger partial charge in [0.05, 0.1) is 6.10 Å². The molecule has 0 aromatic carbocycles. The van der Waals surface area contributed by atoms with E-state index in [-0.39, 0.29) is 6.10 Å². The molecule has 5 unspecified atom stereocenters. The van der Waals surface area contributed by atoms with Gasteiger partial charge in [0.25, 0.3) is 0 Å². The van der Waals surface area contributed by atoms with Gasteiger partial charge in [0, 0.05) is 0 Å². The number of rotatable bonds is 0. The summed E-state index contributed by atoms with van der Waals surface area (Å²) in [6.45, 7) is 0. The van der Waals surface area contributed by atoms with Crippen LogP contribution in [-0.2, 0) is 0 Å². The van der Waals surface area contributed by atoms with Crippen molar-refractivity contribution in [3.05, 3.63) is 24.3 Å². The van der Waals surface area contributed by atoms with Crippen molar-refractivity contribution in [1.82, 2.24) is 0 Å². The Balaban J connectivity index is 1.98. The van der Waals surface area contributed by atoms with Crippen molar-refractivity contribution in [3.8, 4) is 0 Å². The van der Waals surface area contributed by atoms with Crippen molar-refractivity contribution >= 4 is 0 Å². The highest BCUT2D eigenvalue weighted by Crippen LogP contribution is 2.62. The number of aliphatic hydroxyl groups is 1. The summed E-state index contributed by atoms with van der Waals surface area (Å²) in [5.74, 6) is 2.79. The van der Waals surface area contributed by atoms with Crippen molar-refractivity contribution < 1.29 is 5.11 Å². The summed E-state index contributed by atoms with van der Waals surface area (Å²) in [6, 6.07) is 0. The minimum atomic E-state index is -0.0117. The van der Waals surface area contributed by atoms with Crippen LogP contribution in [0.15, 0.2) is 24.3 Å². The van der Waals surface area contributed by atoms with Gasteiger partial charge in [-0.05, 0) is 30.1 Å². The molecule has 0 saturated heterocycles. The van der Waals surface area contributed by atoms with E-state index >= 15 is 0 Å². The van der Waals surface area contributed by atoms with Gasteiger partial charge < -0.3 is 5.11 Å². The molecule has 1 heteroatoms. The van der Waals surface area contributed by atoms with Gasteiger partial charge in [0.2, 0.25) is 0 Å². The van der Waals surface area contributed by atoms with Gasteiger partial charge in [-0.2, -0.15) is 0 Å². The van der Waals surface area contributed by atoms with Crippen LogP contribution in [0.5, 0.6) is 0 Å². The van der Waals surface area contributed by atoms with E-state index in [0.717, 1.165) is 12.3 Å². The third-order valence-electron chi connectivity index (χ3n) is 3.45. The van der Waals surface area contributed by atoms with E-state index in [9.17, 15) is 5.11 Å². The lowest BCUT2D eigenvalue weighted by atomic mass is 10.00. The molecule has 0 heterocycles. The lowest BCUT2D eigenvalue weighted by Gasteiger charge is -2.08. The summed E-state index contributed by atoms with van der Waals surface area (Å²) < 4.78 is 0. The molecule has 1 nitrogen and oxygen atoms in total. The van der Waals surface area contributed by atoms with Crippen molar-refractivity contribution in [2.24, 2.45) is 23.7 Å². The zero-order valence-electron chi connectivity index (χ0n) is 6.35. The van der Waals surface area contributed by atoms with Gasteiger partial charge in [-0.1, -0.05) is 24.3 Å². The average molecular weight is 148 g/mol. The molecular formula is C10H12O. The van der Waals surface area contributed by atoms with E-state index in [2.05, 4.69) is 24.3 Å². The van der Waals surface area contributed by atoms with E-state index in [0.29, 0.717) is 17.8 Å². The van der Waals surface area contributed by atoms with Crippen molar-refractivity contribution in [2.45, 2.75) is 12.5 Å². The van der Waals surface area contributed by atoms with Crippen molar-refractivity contribution in [1.29, 1.82) is 0 Å². The summed E-state index contributed by atoms with van der Waals surface area (Å²) in [5.41, 5.74) is 0. The van der Waals surface area contributed by atoms with Gasteiger partial charge in [-0.15, -0.1) is 0 Å². The van der Waals surface area contributed by atoms with Gasteiger partial charge in [-0.25, -0.2) is 0 Å². The lowest BCUT2D eigenvalue weighted by Crippen LogP contribution is -2.09. The predicted octanol–water partition coefficient (Wildman–Crippen LogP) is 1.36. The number of hydrogen-bond donors (Lipinski definition) is 1. The van der Waals surface area contributed by atoms with Crippen LogP contribution >= 0.6 is 0 Å². The number of aliphatic hydroxyl groups excluding tert-OH is 1. The van der Waals surface area contributed by atoms with E-state index in [4.69, 9.17) is 0 Å². The topological polar surface area (TPSA) is 20.2 Å². The second-order valence-electron chi connectivity index (χ2n) is 3.97. The zero-order valence-corrected chi connectivity index (χ0v) is 6.35. The van der Waals surface area contributed by atoms with Crippen LogP contribution < -0.4 is 0 Å². The molecule has 3 rings (SSSR count). The molecular weight excluding hydrogens is 136 g/mol. The fourth-order valence-corrected chi connectivity index (χ4v) is 2.92. The Labute approximate surface area is 66.4 Å². The largest absolute Gasteiger partial charge is 0.393 e. The molecule has 2 fully saturated rings. The van der Waals surface area contributed by atoms with Gasteiger partial charge in [0.1, 0.15) is 0 Å². The fourth-order valence-electron chi connectivity index (χ4n) is 2.92. The highest BCUT2D eigenvalue weighted by molar-refractivity contribution is 5.26. The van der Waals surface area contributed by atoms with Crippen LogP contribution in [0, 0.1) is 23.7 Å². The third kappa shape index (κ3) is 0.646. The van der Waals surface area contributed by atoms with Crippen LogP contribution in [-0.4, -0.2) is 11.2 Å². The minimum absolute atomic E-state index is 0.0117. The Kier molecular flexibility index (Phi) is 0.972. The van der Waals surface area contributed by atoms with Gasteiger partial charge in [0.15, 0.2) is 0 Å².